The predicted molar refractivity (Wildman–Crippen MR) is 54.7 cm³/mol. The molecule has 80 valence electrons. The fraction of sp³-hybridized carbons (Fsp3) is 0.889. The summed E-state index contributed by atoms with van der Waals surface area (Å²) in [6.45, 7) is 1.78. The maximum absolute atomic E-state index is 11.0. The highest BCUT2D eigenvalue weighted by molar-refractivity contribution is 7.99. The number of morpholine rings is 1. The second kappa shape index (κ2) is 4.51. The van der Waals surface area contributed by atoms with Gasteiger partial charge in [0.2, 0.25) is 0 Å². The van der Waals surface area contributed by atoms with E-state index < -0.39 is 12.0 Å². The first-order chi connectivity index (χ1) is 6.79. The van der Waals surface area contributed by atoms with Crippen LogP contribution in [0, 0.1) is 0 Å². The van der Waals surface area contributed by atoms with Crippen LogP contribution in [-0.2, 0) is 9.53 Å². The molecule has 2 atom stereocenters. The Labute approximate surface area is 87.6 Å². The number of aliphatic carboxylic acids is 1. The lowest BCUT2D eigenvalue weighted by atomic mass is 10.1. The smallest absolute Gasteiger partial charge is 0.323 e. The zero-order valence-electron chi connectivity index (χ0n) is 8.02. The molecule has 2 fully saturated rings. The van der Waals surface area contributed by atoms with E-state index in [1.54, 1.807) is 0 Å². The Morgan fingerprint density at radius 3 is 3.07 bits per heavy atom. The molecule has 0 radical (unpaired) electrons. The number of nitrogens with zero attached hydrogens (tertiary/aromatic N) is 1. The van der Waals surface area contributed by atoms with Crippen LogP contribution < -0.4 is 0 Å². The first-order valence-corrected chi connectivity index (χ1v) is 6.08. The molecule has 0 bridgehead atoms. The lowest BCUT2D eigenvalue weighted by molar-refractivity contribution is -0.151. The van der Waals surface area contributed by atoms with Crippen molar-refractivity contribution >= 4 is 17.7 Å². The van der Waals surface area contributed by atoms with Gasteiger partial charge in [-0.15, -0.1) is 0 Å². The molecule has 2 rings (SSSR count). The van der Waals surface area contributed by atoms with E-state index in [1.165, 1.54) is 0 Å². The molecule has 2 saturated heterocycles. The van der Waals surface area contributed by atoms with E-state index in [9.17, 15) is 4.79 Å². The van der Waals surface area contributed by atoms with Crippen molar-refractivity contribution in [1.82, 2.24) is 4.90 Å². The van der Waals surface area contributed by atoms with Gasteiger partial charge in [-0.1, -0.05) is 0 Å². The van der Waals surface area contributed by atoms with E-state index in [1.807, 2.05) is 11.8 Å². The summed E-state index contributed by atoms with van der Waals surface area (Å²) < 4.78 is 5.20. The van der Waals surface area contributed by atoms with Gasteiger partial charge in [0.05, 0.1) is 13.2 Å². The summed E-state index contributed by atoms with van der Waals surface area (Å²) in [6.07, 6.45) is 1.12. The largest absolute Gasteiger partial charge is 0.480 e. The topological polar surface area (TPSA) is 49.8 Å². The first kappa shape index (κ1) is 10.3. The van der Waals surface area contributed by atoms with Crippen molar-refractivity contribution < 1.29 is 14.6 Å². The van der Waals surface area contributed by atoms with Crippen LogP contribution in [0.4, 0.5) is 0 Å². The van der Waals surface area contributed by atoms with E-state index >= 15 is 0 Å². The molecule has 0 aromatic carbocycles. The van der Waals surface area contributed by atoms with E-state index in [2.05, 4.69) is 4.90 Å². The van der Waals surface area contributed by atoms with Gasteiger partial charge in [0.1, 0.15) is 6.04 Å². The highest BCUT2D eigenvalue weighted by Gasteiger charge is 2.35. The van der Waals surface area contributed by atoms with Crippen molar-refractivity contribution in [2.24, 2.45) is 0 Å². The molecular weight excluding hydrogens is 202 g/mol. The van der Waals surface area contributed by atoms with Gasteiger partial charge in [0.15, 0.2) is 0 Å². The minimum absolute atomic E-state index is 0.344. The molecular formula is C9H15NO3S. The van der Waals surface area contributed by atoms with Crippen molar-refractivity contribution in [2.75, 3.05) is 31.3 Å². The van der Waals surface area contributed by atoms with Crippen molar-refractivity contribution in [1.29, 1.82) is 0 Å². The zero-order valence-corrected chi connectivity index (χ0v) is 8.83. The molecule has 0 aliphatic carbocycles. The number of hydrogen-bond acceptors (Lipinski definition) is 4. The van der Waals surface area contributed by atoms with Crippen molar-refractivity contribution in [3.8, 4) is 0 Å². The van der Waals surface area contributed by atoms with Crippen LogP contribution in [-0.4, -0.2) is 59.3 Å². The van der Waals surface area contributed by atoms with Gasteiger partial charge in [-0.05, 0) is 12.2 Å². The van der Waals surface area contributed by atoms with Crippen molar-refractivity contribution in [2.45, 2.75) is 18.5 Å². The Morgan fingerprint density at radius 2 is 2.43 bits per heavy atom. The molecule has 0 aromatic heterocycles. The maximum Gasteiger partial charge on any atom is 0.323 e. The molecule has 0 saturated carbocycles. The van der Waals surface area contributed by atoms with Gasteiger partial charge in [-0.2, -0.15) is 11.8 Å². The van der Waals surface area contributed by atoms with E-state index in [-0.39, 0.29) is 0 Å². The fourth-order valence-electron chi connectivity index (χ4n) is 2.05. The number of thioether (sulfide) groups is 1. The Bertz CT molecular complexity index is 218. The van der Waals surface area contributed by atoms with Gasteiger partial charge in [0, 0.05) is 18.3 Å². The van der Waals surface area contributed by atoms with Crippen molar-refractivity contribution in [3.05, 3.63) is 0 Å². The highest BCUT2D eigenvalue weighted by atomic mass is 32.2. The lowest BCUT2D eigenvalue weighted by Gasteiger charge is -2.36. The third-order valence-electron chi connectivity index (χ3n) is 2.83. The van der Waals surface area contributed by atoms with E-state index in [4.69, 9.17) is 9.84 Å². The van der Waals surface area contributed by atoms with Gasteiger partial charge in [-0.3, -0.25) is 9.69 Å². The second-order valence-electron chi connectivity index (χ2n) is 3.68. The molecule has 0 spiro atoms. The van der Waals surface area contributed by atoms with Crippen LogP contribution in [0.5, 0.6) is 0 Å². The summed E-state index contributed by atoms with van der Waals surface area (Å²) in [5, 5.41) is 9.04. The van der Waals surface area contributed by atoms with Gasteiger partial charge in [-0.25, -0.2) is 0 Å². The molecule has 2 aliphatic heterocycles. The monoisotopic (exact) mass is 217 g/mol. The summed E-state index contributed by atoms with van der Waals surface area (Å²) in [4.78, 5) is 13.1. The molecule has 2 heterocycles. The maximum atomic E-state index is 11.0. The second-order valence-corrected chi connectivity index (χ2v) is 4.83. The number of carboxylic acid groups (broad SMARTS) is 1. The van der Waals surface area contributed by atoms with Crippen molar-refractivity contribution in [3.63, 3.8) is 0 Å². The van der Waals surface area contributed by atoms with Gasteiger partial charge < -0.3 is 9.84 Å². The van der Waals surface area contributed by atoms with E-state index in [0.717, 1.165) is 24.5 Å². The van der Waals surface area contributed by atoms with Crippen LogP contribution in [0.3, 0.4) is 0 Å². The SMILES string of the molecule is O=C(O)C1COCCN1C1CCSC1. The quantitative estimate of drug-likeness (QED) is 0.720. The van der Waals surface area contributed by atoms with Crippen LogP contribution in [0.25, 0.3) is 0 Å². The fourth-order valence-corrected chi connectivity index (χ4v) is 3.29. The minimum atomic E-state index is -0.749. The van der Waals surface area contributed by atoms with Crippen LogP contribution in [0.15, 0.2) is 0 Å². The molecule has 2 unspecified atom stereocenters. The van der Waals surface area contributed by atoms with Crippen LogP contribution >= 0.6 is 11.8 Å². The molecule has 4 nitrogen and oxygen atoms in total. The number of hydrogen-bond donors (Lipinski definition) is 1. The standard InChI is InChI=1S/C9H15NO3S/c11-9(12)8-5-13-3-2-10(8)7-1-4-14-6-7/h7-8H,1-6H2,(H,11,12). The van der Waals surface area contributed by atoms with Crippen LogP contribution in [0.1, 0.15) is 6.42 Å². The molecule has 0 aromatic rings. The van der Waals surface area contributed by atoms with Gasteiger partial charge >= 0.3 is 5.97 Å². The summed E-state index contributed by atoms with van der Waals surface area (Å²) in [5.41, 5.74) is 0. The average molecular weight is 217 g/mol. The normalized spacial score (nSPS) is 34.6. The predicted octanol–water partition coefficient (Wildman–Crippen LogP) is 0.277. The minimum Gasteiger partial charge on any atom is -0.480 e. The number of carbonyl (C=O) groups is 1. The average Bonchev–Trinajstić information content (AvgIpc) is 2.70. The number of ether oxygens (including phenoxy) is 1. The molecule has 1 N–H and O–H groups in total. The zero-order chi connectivity index (χ0) is 9.97. The summed E-state index contributed by atoms with van der Waals surface area (Å²) >= 11 is 1.91. The summed E-state index contributed by atoms with van der Waals surface area (Å²) in [7, 11) is 0. The Hall–Kier alpha value is -0.260. The molecule has 0 amide bonds. The lowest BCUT2D eigenvalue weighted by Crippen LogP contribution is -2.54. The number of rotatable bonds is 2. The highest BCUT2D eigenvalue weighted by Crippen LogP contribution is 2.25. The molecule has 14 heavy (non-hydrogen) atoms. The third kappa shape index (κ3) is 2.04. The van der Waals surface area contributed by atoms with Gasteiger partial charge in [0.25, 0.3) is 0 Å². The number of carboxylic acids is 1. The first-order valence-electron chi connectivity index (χ1n) is 4.93. The van der Waals surface area contributed by atoms with E-state index in [0.29, 0.717) is 19.3 Å². The third-order valence-corrected chi connectivity index (χ3v) is 3.97. The molecule has 2 aliphatic rings. The Balaban J connectivity index is 2.01. The summed E-state index contributed by atoms with van der Waals surface area (Å²) in [6, 6.07) is 0.0254. The Kier molecular flexibility index (Phi) is 3.30. The Morgan fingerprint density at radius 1 is 1.57 bits per heavy atom. The summed E-state index contributed by atoms with van der Waals surface area (Å²) in [5.74, 6) is 1.49. The van der Waals surface area contributed by atoms with Crippen LogP contribution in [0.2, 0.25) is 0 Å². The molecule has 5 heteroatoms.